The van der Waals surface area contributed by atoms with Crippen LogP contribution in [0.1, 0.15) is 10.4 Å². The summed E-state index contributed by atoms with van der Waals surface area (Å²) in [6.45, 7) is 0.734. The molecule has 0 spiro atoms. The first-order chi connectivity index (χ1) is 8.75. The lowest BCUT2D eigenvalue weighted by Gasteiger charge is -1.94. The molecule has 0 saturated heterocycles. The van der Waals surface area contributed by atoms with E-state index >= 15 is 0 Å². The van der Waals surface area contributed by atoms with Gasteiger partial charge in [-0.05, 0) is 29.1 Å². The zero-order valence-electron chi connectivity index (χ0n) is 9.65. The second-order valence-corrected chi connectivity index (χ2v) is 4.75. The van der Waals surface area contributed by atoms with Crippen molar-refractivity contribution in [2.24, 2.45) is 4.99 Å². The molecule has 0 aliphatic rings. The third-order valence-corrected chi connectivity index (χ3v) is 3.35. The van der Waals surface area contributed by atoms with Crippen LogP contribution < -0.4 is 0 Å². The van der Waals surface area contributed by atoms with E-state index in [1.807, 2.05) is 6.07 Å². The van der Waals surface area contributed by atoms with Gasteiger partial charge in [0, 0.05) is 36.2 Å². The van der Waals surface area contributed by atoms with Crippen LogP contribution in [0.4, 0.5) is 5.69 Å². The molecule has 0 bridgehead atoms. The third kappa shape index (κ3) is 3.49. The van der Waals surface area contributed by atoms with Crippen LogP contribution in [0.5, 0.6) is 0 Å². The SMILES string of the molecule is O=[N+]([O-])c1ccc(/C=N/CCc2cccs2)cc1. The van der Waals surface area contributed by atoms with Crippen molar-refractivity contribution in [3.05, 3.63) is 62.3 Å². The number of rotatable bonds is 5. The van der Waals surface area contributed by atoms with Crippen molar-refractivity contribution in [1.29, 1.82) is 0 Å². The maximum Gasteiger partial charge on any atom is 0.269 e. The number of nitro benzene ring substituents is 1. The van der Waals surface area contributed by atoms with Gasteiger partial charge in [0.1, 0.15) is 0 Å². The molecule has 5 heteroatoms. The molecule has 0 saturated carbocycles. The molecule has 1 aromatic carbocycles. The van der Waals surface area contributed by atoms with E-state index < -0.39 is 4.92 Å². The van der Waals surface area contributed by atoms with E-state index in [9.17, 15) is 10.1 Å². The monoisotopic (exact) mass is 260 g/mol. The van der Waals surface area contributed by atoms with Gasteiger partial charge in [-0.25, -0.2) is 0 Å². The van der Waals surface area contributed by atoms with Crippen molar-refractivity contribution < 1.29 is 4.92 Å². The molecule has 92 valence electrons. The minimum absolute atomic E-state index is 0.103. The summed E-state index contributed by atoms with van der Waals surface area (Å²) >= 11 is 1.73. The molecule has 0 aliphatic heterocycles. The predicted octanol–water partition coefficient (Wildman–Crippen LogP) is 3.32. The number of benzene rings is 1. The Morgan fingerprint density at radius 1 is 1.28 bits per heavy atom. The first kappa shape index (κ1) is 12.4. The number of hydrogen-bond donors (Lipinski definition) is 0. The molecule has 2 aromatic rings. The number of nitro groups is 1. The van der Waals surface area contributed by atoms with Crippen LogP contribution in [0, 0.1) is 10.1 Å². The molecule has 0 amide bonds. The molecule has 0 radical (unpaired) electrons. The Morgan fingerprint density at radius 3 is 2.67 bits per heavy atom. The first-order valence-electron chi connectivity index (χ1n) is 5.52. The summed E-state index contributed by atoms with van der Waals surface area (Å²) < 4.78 is 0. The Labute approximate surface area is 109 Å². The maximum atomic E-state index is 10.5. The fourth-order valence-corrected chi connectivity index (χ4v) is 2.18. The van der Waals surface area contributed by atoms with Crippen LogP contribution in [0.3, 0.4) is 0 Å². The predicted molar refractivity (Wildman–Crippen MR) is 73.6 cm³/mol. The zero-order valence-corrected chi connectivity index (χ0v) is 10.5. The van der Waals surface area contributed by atoms with E-state index in [4.69, 9.17) is 0 Å². The van der Waals surface area contributed by atoms with Gasteiger partial charge in [0.05, 0.1) is 4.92 Å². The molecule has 0 N–H and O–H groups in total. The van der Waals surface area contributed by atoms with Crippen molar-refractivity contribution in [2.45, 2.75) is 6.42 Å². The smallest absolute Gasteiger partial charge is 0.269 e. The van der Waals surface area contributed by atoms with Gasteiger partial charge in [-0.1, -0.05) is 6.07 Å². The average molecular weight is 260 g/mol. The van der Waals surface area contributed by atoms with Crippen molar-refractivity contribution in [3.63, 3.8) is 0 Å². The van der Waals surface area contributed by atoms with Gasteiger partial charge in [0.15, 0.2) is 0 Å². The summed E-state index contributed by atoms with van der Waals surface area (Å²) in [4.78, 5) is 15.7. The molecule has 1 heterocycles. The average Bonchev–Trinajstić information content (AvgIpc) is 2.88. The number of nitrogens with zero attached hydrogens (tertiary/aromatic N) is 2. The number of non-ortho nitro benzene ring substituents is 1. The second-order valence-electron chi connectivity index (χ2n) is 3.71. The number of hydrogen-bond acceptors (Lipinski definition) is 4. The lowest BCUT2D eigenvalue weighted by Crippen LogP contribution is -1.90. The van der Waals surface area contributed by atoms with Crippen molar-refractivity contribution in [2.75, 3.05) is 6.54 Å². The van der Waals surface area contributed by atoms with Gasteiger partial charge in [-0.15, -0.1) is 11.3 Å². The summed E-state index contributed by atoms with van der Waals surface area (Å²) in [5.41, 5.74) is 0.984. The summed E-state index contributed by atoms with van der Waals surface area (Å²) in [6, 6.07) is 10.5. The minimum Gasteiger partial charge on any atom is -0.292 e. The quantitative estimate of drug-likeness (QED) is 0.470. The topological polar surface area (TPSA) is 55.5 Å². The first-order valence-corrected chi connectivity index (χ1v) is 6.40. The molecular formula is C13H12N2O2S. The Hall–Kier alpha value is -2.01. The molecule has 4 nitrogen and oxygen atoms in total. The molecule has 0 fully saturated rings. The van der Waals surface area contributed by atoms with Crippen LogP contribution in [-0.2, 0) is 6.42 Å². The summed E-state index contributed by atoms with van der Waals surface area (Å²) in [5.74, 6) is 0. The van der Waals surface area contributed by atoms with Crippen LogP contribution in [0.15, 0.2) is 46.8 Å². The van der Waals surface area contributed by atoms with Gasteiger partial charge in [0.25, 0.3) is 5.69 Å². The lowest BCUT2D eigenvalue weighted by molar-refractivity contribution is -0.384. The number of thiophene rings is 1. The Kier molecular flexibility index (Phi) is 4.20. The molecule has 0 aliphatic carbocycles. The van der Waals surface area contributed by atoms with E-state index in [1.165, 1.54) is 17.0 Å². The molecular weight excluding hydrogens is 248 g/mol. The van der Waals surface area contributed by atoms with E-state index in [-0.39, 0.29) is 5.69 Å². The van der Waals surface area contributed by atoms with Crippen LogP contribution in [0.2, 0.25) is 0 Å². The normalized spacial score (nSPS) is 10.9. The molecule has 0 atom stereocenters. The van der Waals surface area contributed by atoms with E-state index in [0.717, 1.165) is 18.5 Å². The van der Waals surface area contributed by atoms with Crippen molar-refractivity contribution in [1.82, 2.24) is 0 Å². The van der Waals surface area contributed by atoms with Crippen molar-refractivity contribution in [3.8, 4) is 0 Å². The minimum atomic E-state index is -0.405. The highest BCUT2D eigenvalue weighted by molar-refractivity contribution is 7.09. The molecule has 1 aromatic heterocycles. The number of aliphatic imine (C=N–C) groups is 1. The largest absolute Gasteiger partial charge is 0.292 e. The maximum absolute atomic E-state index is 10.5. The van der Waals surface area contributed by atoms with Crippen LogP contribution in [0.25, 0.3) is 0 Å². The molecule has 2 rings (SSSR count). The fraction of sp³-hybridized carbons (Fsp3) is 0.154. The summed E-state index contributed by atoms with van der Waals surface area (Å²) in [6.07, 6.45) is 2.68. The third-order valence-electron chi connectivity index (χ3n) is 2.41. The van der Waals surface area contributed by atoms with Crippen LogP contribution >= 0.6 is 11.3 Å². The molecule has 18 heavy (non-hydrogen) atoms. The lowest BCUT2D eigenvalue weighted by atomic mass is 10.2. The Balaban J connectivity index is 1.87. The molecule has 0 unspecified atom stereocenters. The second kappa shape index (κ2) is 6.07. The standard InChI is InChI=1S/C13H12N2O2S/c16-15(17)12-5-3-11(4-6-12)10-14-8-7-13-2-1-9-18-13/h1-6,9-10H,7-8H2/b14-10+. The van der Waals surface area contributed by atoms with Gasteiger partial charge in [-0.3, -0.25) is 15.1 Å². The van der Waals surface area contributed by atoms with Gasteiger partial charge >= 0.3 is 0 Å². The van der Waals surface area contributed by atoms with E-state index in [2.05, 4.69) is 16.4 Å². The van der Waals surface area contributed by atoms with Gasteiger partial charge in [-0.2, -0.15) is 0 Å². The Morgan fingerprint density at radius 2 is 2.06 bits per heavy atom. The highest BCUT2D eigenvalue weighted by Gasteiger charge is 2.02. The highest BCUT2D eigenvalue weighted by atomic mass is 32.1. The van der Waals surface area contributed by atoms with E-state index in [1.54, 1.807) is 29.7 Å². The zero-order chi connectivity index (χ0) is 12.8. The van der Waals surface area contributed by atoms with Crippen LogP contribution in [-0.4, -0.2) is 17.7 Å². The summed E-state index contributed by atoms with van der Waals surface area (Å²) in [5, 5.41) is 12.5. The Bertz CT molecular complexity index is 533. The fourth-order valence-electron chi connectivity index (χ4n) is 1.48. The van der Waals surface area contributed by atoms with Crippen molar-refractivity contribution >= 4 is 23.2 Å². The summed E-state index contributed by atoms with van der Waals surface area (Å²) in [7, 11) is 0. The van der Waals surface area contributed by atoms with Gasteiger partial charge in [0.2, 0.25) is 0 Å². The van der Waals surface area contributed by atoms with Gasteiger partial charge < -0.3 is 0 Å². The highest BCUT2D eigenvalue weighted by Crippen LogP contribution is 2.11. The van der Waals surface area contributed by atoms with E-state index in [0.29, 0.717) is 0 Å².